The molecule has 2 heterocycles. The second kappa shape index (κ2) is 3.53. The summed E-state index contributed by atoms with van der Waals surface area (Å²) in [6.45, 7) is 0.509. The van der Waals surface area contributed by atoms with Gasteiger partial charge >= 0.3 is 0 Å². The van der Waals surface area contributed by atoms with Crippen molar-refractivity contribution >= 4 is 16.6 Å². The van der Waals surface area contributed by atoms with E-state index in [1.165, 1.54) is 0 Å². The Labute approximate surface area is 91.6 Å². The van der Waals surface area contributed by atoms with Gasteiger partial charge in [0.25, 0.3) is 0 Å². The van der Waals surface area contributed by atoms with E-state index in [0.717, 1.165) is 22.1 Å². The molecule has 0 saturated heterocycles. The van der Waals surface area contributed by atoms with E-state index in [1.807, 2.05) is 24.3 Å². The van der Waals surface area contributed by atoms with Crippen LogP contribution in [0.5, 0.6) is 0 Å². The highest BCUT2D eigenvalue weighted by Gasteiger charge is 2.08. The normalized spacial score (nSPS) is 11.3. The van der Waals surface area contributed by atoms with Crippen LogP contribution in [0.3, 0.4) is 0 Å². The van der Waals surface area contributed by atoms with Crippen LogP contribution in [0.2, 0.25) is 0 Å². The molecule has 0 aliphatic heterocycles. The van der Waals surface area contributed by atoms with Crippen molar-refractivity contribution in [3.8, 4) is 0 Å². The molecular weight excluding hydrogens is 204 g/mol. The number of fused-ring (bicyclic) bond motifs is 3. The Bertz CT molecular complexity index is 647. The molecule has 0 radical (unpaired) electrons. The summed E-state index contributed by atoms with van der Waals surface area (Å²) < 4.78 is 6.89. The minimum Gasteiger partial charge on any atom is -0.380 e. The maximum Gasteiger partial charge on any atom is 0.185 e. The third-order valence-corrected chi connectivity index (χ3v) is 2.55. The van der Waals surface area contributed by atoms with Crippen molar-refractivity contribution in [2.45, 2.75) is 6.61 Å². The van der Waals surface area contributed by atoms with Crippen molar-refractivity contribution in [1.29, 1.82) is 0 Å². The zero-order valence-electron chi connectivity index (χ0n) is 8.79. The van der Waals surface area contributed by atoms with Gasteiger partial charge in [-0.05, 0) is 22.6 Å². The van der Waals surface area contributed by atoms with E-state index in [9.17, 15) is 0 Å². The van der Waals surface area contributed by atoms with Crippen molar-refractivity contribution in [1.82, 2.24) is 20.0 Å². The first-order valence-electron chi connectivity index (χ1n) is 4.98. The van der Waals surface area contributed by atoms with E-state index in [2.05, 4.69) is 21.6 Å². The summed E-state index contributed by atoms with van der Waals surface area (Å²) in [5, 5.41) is 12.8. The average Bonchev–Trinajstić information content (AvgIpc) is 2.79. The van der Waals surface area contributed by atoms with Crippen molar-refractivity contribution < 1.29 is 4.74 Å². The molecule has 3 rings (SSSR count). The number of rotatable bonds is 2. The molecule has 0 fully saturated rings. The van der Waals surface area contributed by atoms with Crippen LogP contribution < -0.4 is 0 Å². The fraction of sp³-hybridized carbons (Fsp3) is 0.182. The molecule has 0 saturated carbocycles. The van der Waals surface area contributed by atoms with Crippen LogP contribution in [0.15, 0.2) is 30.3 Å². The number of benzene rings is 1. The van der Waals surface area contributed by atoms with E-state index in [1.54, 1.807) is 11.6 Å². The van der Waals surface area contributed by atoms with E-state index in [0.29, 0.717) is 6.61 Å². The lowest BCUT2D eigenvalue weighted by Crippen LogP contribution is -1.97. The van der Waals surface area contributed by atoms with Crippen LogP contribution in [0.25, 0.3) is 16.6 Å². The highest BCUT2D eigenvalue weighted by Crippen LogP contribution is 2.19. The summed E-state index contributed by atoms with van der Waals surface area (Å²) in [5.74, 6) is 0. The van der Waals surface area contributed by atoms with Crippen LogP contribution in [0.4, 0.5) is 0 Å². The van der Waals surface area contributed by atoms with Crippen LogP contribution in [0, 0.1) is 0 Å². The van der Waals surface area contributed by atoms with Gasteiger partial charge in [0.15, 0.2) is 5.65 Å². The van der Waals surface area contributed by atoms with E-state index >= 15 is 0 Å². The van der Waals surface area contributed by atoms with Crippen LogP contribution >= 0.6 is 0 Å². The molecule has 1 aromatic carbocycles. The number of aromatic nitrogens is 4. The lowest BCUT2D eigenvalue weighted by Gasteiger charge is -2.04. The Morgan fingerprint density at radius 1 is 1.31 bits per heavy atom. The second-order valence-corrected chi connectivity index (χ2v) is 3.58. The Morgan fingerprint density at radius 2 is 2.19 bits per heavy atom. The minimum absolute atomic E-state index is 0.509. The Hall–Kier alpha value is -2.01. The van der Waals surface area contributed by atoms with Crippen molar-refractivity contribution in [3.63, 3.8) is 0 Å². The minimum atomic E-state index is 0.509. The molecule has 0 aliphatic rings. The van der Waals surface area contributed by atoms with Crippen LogP contribution in [-0.4, -0.2) is 27.2 Å². The van der Waals surface area contributed by atoms with Gasteiger partial charge < -0.3 is 4.74 Å². The molecule has 5 nitrogen and oxygen atoms in total. The Morgan fingerprint density at radius 3 is 3.06 bits per heavy atom. The van der Waals surface area contributed by atoms with Crippen molar-refractivity contribution in [3.05, 3.63) is 35.9 Å². The quantitative estimate of drug-likeness (QED) is 0.647. The molecule has 0 spiro atoms. The molecule has 0 atom stereocenters. The number of hydrogen-bond acceptors (Lipinski definition) is 4. The fourth-order valence-electron chi connectivity index (χ4n) is 1.87. The smallest absolute Gasteiger partial charge is 0.185 e. The molecule has 0 unspecified atom stereocenters. The first kappa shape index (κ1) is 9.23. The largest absolute Gasteiger partial charge is 0.380 e. The van der Waals surface area contributed by atoms with Gasteiger partial charge in [-0.2, -0.15) is 4.52 Å². The first-order chi connectivity index (χ1) is 7.90. The summed E-state index contributed by atoms with van der Waals surface area (Å²) in [7, 11) is 1.66. The van der Waals surface area contributed by atoms with Crippen LogP contribution in [0.1, 0.15) is 5.56 Å². The molecule has 0 bridgehead atoms. The number of nitrogens with zero attached hydrogens (tertiary/aromatic N) is 4. The molecule has 0 amide bonds. The van der Waals surface area contributed by atoms with E-state index in [-0.39, 0.29) is 0 Å². The molecule has 2 aromatic heterocycles. The molecule has 80 valence electrons. The predicted octanol–water partition coefficient (Wildman–Crippen LogP) is 1.42. The van der Waals surface area contributed by atoms with Gasteiger partial charge in [-0.1, -0.05) is 18.2 Å². The molecule has 16 heavy (non-hydrogen) atoms. The molecule has 0 N–H and O–H groups in total. The monoisotopic (exact) mass is 214 g/mol. The number of tetrazole rings is 1. The standard InChI is InChI=1S/C11H10N4O/c1-16-7-9-6-8-4-2-3-5-10(8)15-11(9)12-13-14-15/h2-6H,7H2,1H3. The maximum absolute atomic E-state index is 5.15. The molecule has 3 aromatic rings. The lowest BCUT2D eigenvalue weighted by atomic mass is 10.1. The van der Waals surface area contributed by atoms with E-state index < -0.39 is 0 Å². The third kappa shape index (κ3) is 1.25. The number of pyridine rings is 1. The first-order valence-corrected chi connectivity index (χ1v) is 4.98. The topological polar surface area (TPSA) is 52.3 Å². The highest BCUT2D eigenvalue weighted by atomic mass is 16.5. The van der Waals surface area contributed by atoms with Gasteiger partial charge in [-0.25, -0.2) is 0 Å². The van der Waals surface area contributed by atoms with Gasteiger partial charge in [0, 0.05) is 18.1 Å². The number of hydrogen-bond donors (Lipinski definition) is 0. The lowest BCUT2D eigenvalue weighted by molar-refractivity contribution is 0.185. The number of para-hydroxylation sites is 1. The molecule has 5 heteroatoms. The summed E-state index contributed by atoms with van der Waals surface area (Å²) in [4.78, 5) is 0. The average molecular weight is 214 g/mol. The van der Waals surface area contributed by atoms with Gasteiger partial charge in [-0.15, -0.1) is 5.10 Å². The summed E-state index contributed by atoms with van der Waals surface area (Å²) in [6.07, 6.45) is 0. The number of methoxy groups -OCH3 is 1. The SMILES string of the molecule is COCc1cc2ccccc2n2nnnc12. The molecule has 0 aliphatic carbocycles. The summed E-state index contributed by atoms with van der Waals surface area (Å²) in [6, 6.07) is 10.1. The van der Waals surface area contributed by atoms with Gasteiger partial charge in [0.05, 0.1) is 12.1 Å². The zero-order chi connectivity index (χ0) is 11.0. The van der Waals surface area contributed by atoms with Crippen molar-refractivity contribution in [2.24, 2.45) is 0 Å². The second-order valence-electron chi connectivity index (χ2n) is 3.58. The summed E-state index contributed by atoms with van der Waals surface area (Å²) in [5.41, 5.74) is 2.74. The Balaban J connectivity index is 2.43. The predicted molar refractivity (Wildman–Crippen MR) is 59.0 cm³/mol. The third-order valence-electron chi connectivity index (χ3n) is 2.55. The Kier molecular flexibility index (Phi) is 2.04. The highest BCUT2D eigenvalue weighted by molar-refractivity contribution is 5.82. The van der Waals surface area contributed by atoms with E-state index in [4.69, 9.17) is 4.74 Å². The molecular formula is C11H10N4O. The van der Waals surface area contributed by atoms with Gasteiger partial charge in [0.2, 0.25) is 0 Å². The van der Waals surface area contributed by atoms with Gasteiger partial charge in [-0.3, -0.25) is 0 Å². The van der Waals surface area contributed by atoms with Gasteiger partial charge in [0.1, 0.15) is 0 Å². The van der Waals surface area contributed by atoms with Crippen molar-refractivity contribution in [2.75, 3.05) is 7.11 Å². The fourth-order valence-corrected chi connectivity index (χ4v) is 1.87. The number of ether oxygens (including phenoxy) is 1. The zero-order valence-corrected chi connectivity index (χ0v) is 8.79. The maximum atomic E-state index is 5.15. The van der Waals surface area contributed by atoms with Crippen LogP contribution in [-0.2, 0) is 11.3 Å². The summed E-state index contributed by atoms with van der Waals surface area (Å²) >= 11 is 0.